The number of ether oxygens (including phenoxy) is 2. The van der Waals surface area contributed by atoms with Crippen molar-refractivity contribution in [2.45, 2.75) is 19.9 Å². The quantitative estimate of drug-likeness (QED) is 0.887. The molecule has 0 aliphatic carbocycles. The molecule has 2 aromatic rings. The molecule has 1 N–H and O–H groups in total. The lowest BCUT2D eigenvalue weighted by molar-refractivity contribution is 0.377. The van der Waals surface area contributed by atoms with E-state index >= 15 is 0 Å². The number of methoxy groups -OCH3 is 2. The Kier molecular flexibility index (Phi) is 4.92. The molecule has 20 heavy (non-hydrogen) atoms. The Morgan fingerprint density at radius 2 is 1.90 bits per heavy atom. The number of aryl methyl sites for hydroxylation is 1. The standard InChI is InChI=1S/C14H19N3O2S/c1-5-15-13(14-9(2)16-17-20-14)12-10(18-3)7-6-8-11(12)19-4/h6-8,13,15H,5H2,1-4H3. The summed E-state index contributed by atoms with van der Waals surface area (Å²) in [6.45, 7) is 4.85. The summed E-state index contributed by atoms with van der Waals surface area (Å²) in [6.07, 6.45) is 0. The molecular weight excluding hydrogens is 274 g/mol. The van der Waals surface area contributed by atoms with Gasteiger partial charge in [0, 0.05) is 0 Å². The summed E-state index contributed by atoms with van der Waals surface area (Å²) in [5.74, 6) is 1.59. The Hall–Kier alpha value is -1.66. The number of benzene rings is 1. The van der Waals surface area contributed by atoms with Crippen LogP contribution in [0, 0.1) is 6.92 Å². The van der Waals surface area contributed by atoms with E-state index < -0.39 is 0 Å². The maximum Gasteiger partial charge on any atom is 0.127 e. The van der Waals surface area contributed by atoms with Gasteiger partial charge in [-0.15, -0.1) is 5.10 Å². The van der Waals surface area contributed by atoms with Gasteiger partial charge in [0.15, 0.2) is 0 Å². The first kappa shape index (κ1) is 14.7. The van der Waals surface area contributed by atoms with Gasteiger partial charge in [-0.25, -0.2) is 0 Å². The molecule has 0 saturated heterocycles. The molecule has 1 aromatic heterocycles. The van der Waals surface area contributed by atoms with Crippen LogP contribution in [-0.4, -0.2) is 30.4 Å². The van der Waals surface area contributed by atoms with Gasteiger partial charge in [0.1, 0.15) is 11.5 Å². The highest BCUT2D eigenvalue weighted by Crippen LogP contribution is 2.38. The largest absolute Gasteiger partial charge is 0.496 e. The average Bonchev–Trinajstić information content (AvgIpc) is 2.90. The summed E-state index contributed by atoms with van der Waals surface area (Å²) in [7, 11) is 3.33. The van der Waals surface area contributed by atoms with Crippen LogP contribution < -0.4 is 14.8 Å². The van der Waals surface area contributed by atoms with Crippen LogP contribution >= 0.6 is 11.5 Å². The van der Waals surface area contributed by atoms with E-state index in [0.717, 1.165) is 34.2 Å². The maximum atomic E-state index is 5.50. The van der Waals surface area contributed by atoms with E-state index in [-0.39, 0.29) is 6.04 Å². The first-order valence-electron chi connectivity index (χ1n) is 6.46. The molecule has 0 saturated carbocycles. The van der Waals surface area contributed by atoms with Crippen molar-refractivity contribution in [3.63, 3.8) is 0 Å². The molecule has 0 aliphatic rings. The number of hydrogen-bond donors (Lipinski definition) is 1. The number of nitrogens with one attached hydrogen (secondary N) is 1. The fourth-order valence-corrected chi connectivity index (χ4v) is 2.93. The number of hydrogen-bond acceptors (Lipinski definition) is 6. The van der Waals surface area contributed by atoms with Crippen LogP contribution in [0.3, 0.4) is 0 Å². The molecule has 0 radical (unpaired) electrons. The number of nitrogens with zero attached hydrogens (tertiary/aromatic N) is 2. The van der Waals surface area contributed by atoms with Gasteiger partial charge in [-0.1, -0.05) is 17.5 Å². The van der Waals surface area contributed by atoms with Crippen LogP contribution in [-0.2, 0) is 0 Å². The lowest BCUT2D eigenvalue weighted by Gasteiger charge is -2.22. The van der Waals surface area contributed by atoms with E-state index in [4.69, 9.17) is 9.47 Å². The van der Waals surface area contributed by atoms with Crippen LogP contribution in [0.1, 0.15) is 29.1 Å². The topological polar surface area (TPSA) is 56.3 Å². The Morgan fingerprint density at radius 1 is 1.25 bits per heavy atom. The maximum absolute atomic E-state index is 5.50. The van der Waals surface area contributed by atoms with Crippen LogP contribution in [0.15, 0.2) is 18.2 Å². The molecule has 1 heterocycles. The average molecular weight is 293 g/mol. The van der Waals surface area contributed by atoms with Gasteiger partial charge >= 0.3 is 0 Å². The third kappa shape index (κ3) is 2.76. The molecule has 1 atom stereocenters. The highest BCUT2D eigenvalue weighted by atomic mass is 32.1. The number of aromatic nitrogens is 2. The summed E-state index contributed by atoms with van der Waals surface area (Å²) in [4.78, 5) is 1.08. The Bertz CT molecular complexity index is 549. The van der Waals surface area contributed by atoms with E-state index in [1.165, 1.54) is 11.5 Å². The summed E-state index contributed by atoms with van der Waals surface area (Å²) >= 11 is 1.40. The van der Waals surface area contributed by atoms with Gasteiger partial charge in [0.05, 0.1) is 36.4 Å². The minimum absolute atomic E-state index is 0.0360. The smallest absolute Gasteiger partial charge is 0.127 e. The highest BCUT2D eigenvalue weighted by Gasteiger charge is 2.25. The summed E-state index contributed by atoms with van der Waals surface area (Å²) in [6, 6.07) is 5.76. The second-order valence-corrected chi connectivity index (χ2v) is 5.08. The molecule has 0 amide bonds. The third-order valence-corrected chi connectivity index (χ3v) is 4.00. The minimum atomic E-state index is -0.0360. The molecule has 0 spiro atoms. The molecule has 0 fully saturated rings. The summed E-state index contributed by atoms with van der Waals surface area (Å²) in [5, 5.41) is 7.57. The monoisotopic (exact) mass is 293 g/mol. The van der Waals surface area contributed by atoms with Gasteiger partial charge < -0.3 is 14.8 Å². The Balaban J connectivity index is 2.57. The van der Waals surface area contributed by atoms with Crippen molar-refractivity contribution in [2.24, 2.45) is 0 Å². The van der Waals surface area contributed by atoms with Gasteiger partial charge in [0.2, 0.25) is 0 Å². The first-order valence-corrected chi connectivity index (χ1v) is 7.23. The van der Waals surface area contributed by atoms with Crippen molar-refractivity contribution < 1.29 is 9.47 Å². The molecule has 5 nitrogen and oxygen atoms in total. The molecular formula is C14H19N3O2S. The van der Waals surface area contributed by atoms with Gasteiger partial charge in [-0.2, -0.15) is 0 Å². The zero-order valence-electron chi connectivity index (χ0n) is 12.1. The van der Waals surface area contributed by atoms with E-state index in [9.17, 15) is 0 Å². The molecule has 6 heteroatoms. The summed E-state index contributed by atoms with van der Waals surface area (Å²) < 4.78 is 15.0. The Morgan fingerprint density at radius 3 is 2.35 bits per heavy atom. The van der Waals surface area contributed by atoms with Crippen molar-refractivity contribution in [3.05, 3.63) is 34.3 Å². The first-order chi connectivity index (χ1) is 9.72. The van der Waals surface area contributed by atoms with Crippen LogP contribution in [0.2, 0.25) is 0 Å². The van der Waals surface area contributed by atoms with Crippen LogP contribution in [0.25, 0.3) is 0 Å². The molecule has 1 unspecified atom stereocenters. The van der Waals surface area contributed by atoms with E-state index in [2.05, 4.69) is 21.8 Å². The normalized spacial score (nSPS) is 12.2. The third-order valence-electron chi connectivity index (χ3n) is 3.11. The minimum Gasteiger partial charge on any atom is -0.496 e. The van der Waals surface area contributed by atoms with Gasteiger partial charge in [0.25, 0.3) is 0 Å². The SMILES string of the molecule is CCNC(c1snnc1C)c1c(OC)cccc1OC. The Labute approximate surface area is 123 Å². The van der Waals surface area contributed by atoms with Crippen molar-refractivity contribution in [3.8, 4) is 11.5 Å². The highest BCUT2D eigenvalue weighted by molar-refractivity contribution is 7.05. The molecule has 0 aliphatic heterocycles. The predicted molar refractivity (Wildman–Crippen MR) is 79.7 cm³/mol. The van der Waals surface area contributed by atoms with Crippen molar-refractivity contribution >= 4 is 11.5 Å². The number of rotatable bonds is 6. The fourth-order valence-electron chi connectivity index (χ4n) is 2.20. The van der Waals surface area contributed by atoms with E-state index in [0.29, 0.717) is 0 Å². The lowest BCUT2D eigenvalue weighted by Crippen LogP contribution is -2.23. The lowest BCUT2D eigenvalue weighted by atomic mass is 10.0. The van der Waals surface area contributed by atoms with Crippen molar-refractivity contribution in [1.29, 1.82) is 0 Å². The van der Waals surface area contributed by atoms with Crippen molar-refractivity contribution in [2.75, 3.05) is 20.8 Å². The van der Waals surface area contributed by atoms with E-state index in [1.54, 1.807) is 14.2 Å². The van der Waals surface area contributed by atoms with Crippen LogP contribution in [0.4, 0.5) is 0 Å². The fraction of sp³-hybridized carbons (Fsp3) is 0.429. The predicted octanol–water partition coefficient (Wildman–Crippen LogP) is 2.56. The second-order valence-electron chi connectivity index (χ2n) is 4.29. The molecule has 1 aromatic carbocycles. The van der Waals surface area contributed by atoms with Crippen LogP contribution in [0.5, 0.6) is 11.5 Å². The second kappa shape index (κ2) is 6.67. The van der Waals surface area contributed by atoms with Crippen molar-refractivity contribution in [1.82, 2.24) is 14.9 Å². The zero-order valence-corrected chi connectivity index (χ0v) is 13.0. The van der Waals surface area contributed by atoms with Gasteiger partial charge in [-0.3, -0.25) is 0 Å². The van der Waals surface area contributed by atoms with E-state index in [1.807, 2.05) is 25.1 Å². The summed E-state index contributed by atoms with van der Waals surface area (Å²) in [5.41, 5.74) is 1.91. The zero-order chi connectivity index (χ0) is 14.5. The molecule has 2 rings (SSSR count). The molecule has 0 bridgehead atoms. The molecule has 108 valence electrons. The van der Waals surface area contributed by atoms with Gasteiger partial charge in [-0.05, 0) is 37.1 Å².